The summed E-state index contributed by atoms with van der Waals surface area (Å²) in [6, 6.07) is 15.7. The van der Waals surface area contributed by atoms with Crippen LogP contribution < -0.4 is 10.6 Å². The molecule has 3 aromatic rings. The molecule has 6 nitrogen and oxygen atoms in total. The van der Waals surface area contributed by atoms with Crippen LogP contribution >= 0.6 is 0 Å². The predicted octanol–water partition coefficient (Wildman–Crippen LogP) is 3.47. The number of hydrogen-bond acceptors (Lipinski definition) is 6. The monoisotopic (exact) mass is 399 g/mol. The minimum Gasteiger partial charge on any atom is -0.368 e. The number of nitrogens with two attached hydrogens (primary N) is 1. The predicted molar refractivity (Wildman–Crippen MR) is 120 cm³/mol. The van der Waals surface area contributed by atoms with Gasteiger partial charge in [-0.05, 0) is 19.0 Å². The normalized spacial score (nSPS) is 15.9. The lowest BCUT2D eigenvalue weighted by atomic mass is 10.0. The highest BCUT2D eigenvalue weighted by molar-refractivity contribution is 6.25. The fraction of sp³-hybridized carbons (Fsp3) is 0.292. The number of aromatic nitrogens is 2. The number of anilines is 2. The fourth-order valence-electron chi connectivity index (χ4n) is 4.58. The number of rotatable bonds is 4. The summed E-state index contributed by atoms with van der Waals surface area (Å²) in [6.45, 7) is 7.27. The third kappa shape index (κ3) is 3.04. The molecule has 2 aromatic carbocycles. The van der Waals surface area contributed by atoms with Crippen molar-refractivity contribution in [1.82, 2.24) is 14.9 Å². The summed E-state index contributed by atoms with van der Waals surface area (Å²) in [4.78, 5) is 27.3. The number of ketones is 1. The van der Waals surface area contributed by atoms with Crippen LogP contribution in [0.3, 0.4) is 0 Å². The Morgan fingerprint density at radius 2 is 1.63 bits per heavy atom. The van der Waals surface area contributed by atoms with Crippen LogP contribution in [0.15, 0.2) is 48.5 Å². The Labute approximate surface area is 176 Å². The van der Waals surface area contributed by atoms with Crippen LogP contribution in [0.5, 0.6) is 0 Å². The molecule has 30 heavy (non-hydrogen) atoms. The van der Waals surface area contributed by atoms with Gasteiger partial charge in [0, 0.05) is 48.6 Å². The van der Waals surface area contributed by atoms with Crippen molar-refractivity contribution >= 4 is 17.4 Å². The lowest BCUT2D eigenvalue weighted by Gasteiger charge is -2.36. The van der Waals surface area contributed by atoms with Crippen molar-refractivity contribution in [3.8, 4) is 22.5 Å². The number of nitrogens with zero attached hydrogens (tertiary/aromatic N) is 4. The van der Waals surface area contributed by atoms with Gasteiger partial charge in [-0.1, -0.05) is 49.4 Å². The molecule has 5 rings (SSSR count). The molecule has 2 heterocycles. The first-order valence-electron chi connectivity index (χ1n) is 10.6. The number of fused-ring (bicyclic) bond motifs is 3. The zero-order valence-corrected chi connectivity index (χ0v) is 17.1. The maximum absolute atomic E-state index is 13.4. The molecule has 2 N–H and O–H groups in total. The van der Waals surface area contributed by atoms with E-state index in [1.165, 1.54) is 6.42 Å². The van der Waals surface area contributed by atoms with E-state index < -0.39 is 0 Å². The molecular weight excluding hydrogens is 374 g/mol. The van der Waals surface area contributed by atoms with Crippen molar-refractivity contribution in [2.75, 3.05) is 43.4 Å². The number of nitrogen functional groups attached to an aromatic ring is 1. The lowest BCUT2D eigenvalue weighted by Crippen LogP contribution is -2.46. The van der Waals surface area contributed by atoms with Crippen molar-refractivity contribution in [2.24, 2.45) is 0 Å². The van der Waals surface area contributed by atoms with Crippen molar-refractivity contribution in [3.05, 3.63) is 59.7 Å². The summed E-state index contributed by atoms with van der Waals surface area (Å²) in [5.41, 5.74) is 11.4. The Kier molecular flexibility index (Phi) is 4.71. The number of carbonyl (C=O) groups is 1. The van der Waals surface area contributed by atoms with Gasteiger partial charge in [0.1, 0.15) is 0 Å². The number of piperazine rings is 1. The molecule has 1 aliphatic heterocycles. The van der Waals surface area contributed by atoms with E-state index in [4.69, 9.17) is 5.73 Å². The van der Waals surface area contributed by atoms with Crippen LogP contribution in [-0.4, -0.2) is 53.4 Å². The van der Waals surface area contributed by atoms with Crippen LogP contribution in [0.25, 0.3) is 22.5 Å². The fourth-order valence-corrected chi connectivity index (χ4v) is 4.58. The van der Waals surface area contributed by atoms with Crippen LogP contribution in [0.4, 0.5) is 11.6 Å². The molecule has 0 amide bonds. The number of hydrogen-bond donors (Lipinski definition) is 1. The van der Waals surface area contributed by atoms with E-state index in [1.54, 1.807) is 0 Å². The van der Waals surface area contributed by atoms with Crippen molar-refractivity contribution < 1.29 is 4.79 Å². The van der Waals surface area contributed by atoms with Gasteiger partial charge in [-0.3, -0.25) is 9.69 Å². The molecule has 0 atom stereocenters. The summed E-state index contributed by atoms with van der Waals surface area (Å²) < 4.78 is 0. The van der Waals surface area contributed by atoms with Crippen LogP contribution in [0.2, 0.25) is 0 Å². The van der Waals surface area contributed by atoms with Gasteiger partial charge in [-0.25, -0.2) is 9.97 Å². The van der Waals surface area contributed by atoms with E-state index >= 15 is 0 Å². The van der Waals surface area contributed by atoms with E-state index in [-0.39, 0.29) is 11.7 Å². The highest BCUT2D eigenvalue weighted by atomic mass is 16.1. The first-order valence-corrected chi connectivity index (χ1v) is 10.6. The quantitative estimate of drug-likeness (QED) is 0.566. The SMILES string of the molecule is CCCN1CCN(c2cccc3c2-c2nc(N)nc(-c4ccccc4)c2C3=O)CC1. The average Bonchev–Trinajstić information content (AvgIpc) is 3.07. The summed E-state index contributed by atoms with van der Waals surface area (Å²) in [7, 11) is 0. The van der Waals surface area contributed by atoms with Gasteiger partial charge in [-0.2, -0.15) is 0 Å². The molecule has 0 unspecified atom stereocenters. The third-order valence-corrected chi connectivity index (χ3v) is 5.98. The van der Waals surface area contributed by atoms with Crippen molar-refractivity contribution in [3.63, 3.8) is 0 Å². The molecule has 6 heteroatoms. The molecule has 1 aromatic heterocycles. The molecule has 1 saturated heterocycles. The van der Waals surface area contributed by atoms with Crippen molar-refractivity contribution in [2.45, 2.75) is 13.3 Å². The topological polar surface area (TPSA) is 75.3 Å². The largest absolute Gasteiger partial charge is 0.368 e. The molecular formula is C24H25N5O. The maximum Gasteiger partial charge on any atom is 0.221 e. The lowest BCUT2D eigenvalue weighted by molar-refractivity contribution is 0.104. The first-order chi connectivity index (χ1) is 14.7. The summed E-state index contributed by atoms with van der Waals surface area (Å²) >= 11 is 0. The summed E-state index contributed by atoms with van der Waals surface area (Å²) in [5.74, 6) is 0.168. The Morgan fingerprint density at radius 3 is 2.37 bits per heavy atom. The zero-order valence-electron chi connectivity index (χ0n) is 17.1. The maximum atomic E-state index is 13.4. The molecule has 1 fully saturated rings. The molecule has 0 spiro atoms. The van der Waals surface area contributed by atoms with E-state index in [2.05, 4.69) is 32.8 Å². The molecule has 0 radical (unpaired) electrons. The van der Waals surface area contributed by atoms with Crippen LogP contribution in [0, 0.1) is 0 Å². The van der Waals surface area contributed by atoms with Gasteiger partial charge in [0.15, 0.2) is 5.78 Å². The molecule has 0 saturated carbocycles. The first kappa shape index (κ1) is 18.8. The van der Waals surface area contributed by atoms with Gasteiger partial charge in [-0.15, -0.1) is 0 Å². The molecule has 2 aliphatic rings. The van der Waals surface area contributed by atoms with E-state index in [0.717, 1.165) is 49.5 Å². The number of carbonyl (C=O) groups excluding carboxylic acids is 1. The van der Waals surface area contributed by atoms with Gasteiger partial charge in [0.25, 0.3) is 0 Å². The van der Waals surface area contributed by atoms with Gasteiger partial charge < -0.3 is 10.6 Å². The molecule has 0 bridgehead atoms. The molecule has 152 valence electrons. The third-order valence-electron chi connectivity index (χ3n) is 5.98. The summed E-state index contributed by atoms with van der Waals surface area (Å²) in [5, 5.41) is 0. The van der Waals surface area contributed by atoms with Gasteiger partial charge >= 0.3 is 0 Å². The highest BCUT2D eigenvalue weighted by Gasteiger charge is 2.35. The van der Waals surface area contributed by atoms with Gasteiger partial charge in [0.2, 0.25) is 5.95 Å². The Morgan fingerprint density at radius 1 is 0.900 bits per heavy atom. The van der Waals surface area contributed by atoms with Crippen molar-refractivity contribution in [1.29, 1.82) is 0 Å². The second kappa shape index (κ2) is 7.54. The Balaban J connectivity index is 1.61. The van der Waals surface area contributed by atoms with E-state index in [1.807, 2.05) is 42.5 Å². The summed E-state index contributed by atoms with van der Waals surface area (Å²) in [6.07, 6.45) is 1.17. The van der Waals surface area contributed by atoms with E-state index in [9.17, 15) is 4.79 Å². The second-order valence-corrected chi connectivity index (χ2v) is 7.88. The highest BCUT2D eigenvalue weighted by Crippen LogP contribution is 2.45. The Hall–Kier alpha value is -3.25. The minimum absolute atomic E-state index is 0.0228. The average molecular weight is 399 g/mol. The van der Waals surface area contributed by atoms with Gasteiger partial charge in [0.05, 0.1) is 17.0 Å². The number of benzene rings is 2. The standard InChI is InChI=1S/C24H25N5O/c1-2-11-28-12-14-29(15-13-28)18-10-6-9-17-19(18)22-20(23(17)30)21(26-24(25)27-22)16-7-4-3-5-8-16/h3-10H,2,11-15H2,1H3,(H2,25,26,27). The second-order valence-electron chi connectivity index (χ2n) is 7.88. The van der Waals surface area contributed by atoms with Crippen LogP contribution in [0.1, 0.15) is 29.3 Å². The smallest absolute Gasteiger partial charge is 0.221 e. The molecule has 1 aliphatic carbocycles. The zero-order chi connectivity index (χ0) is 20.7. The van der Waals surface area contributed by atoms with Crippen LogP contribution in [-0.2, 0) is 0 Å². The minimum atomic E-state index is -0.0228. The Bertz CT molecular complexity index is 1100. The van der Waals surface area contributed by atoms with E-state index in [0.29, 0.717) is 22.5 Å².